The van der Waals surface area contributed by atoms with Gasteiger partial charge in [0.05, 0.1) is 0 Å². The van der Waals surface area contributed by atoms with E-state index in [0.717, 1.165) is 13.0 Å². The van der Waals surface area contributed by atoms with Crippen LogP contribution in [0.25, 0.3) is 0 Å². The number of rotatable bonds is 5. The number of nitrogens with one attached hydrogen (secondary N) is 1. The zero-order valence-electron chi connectivity index (χ0n) is 11.1. The monoisotopic (exact) mass is 240 g/mol. The van der Waals surface area contributed by atoms with Crippen molar-refractivity contribution in [2.45, 2.75) is 26.3 Å². The number of hydrogen-bond donors (Lipinski definition) is 1. The van der Waals surface area contributed by atoms with Gasteiger partial charge in [-0.2, -0.15) is 0 Å². The van der Waals surface area contributed by atoms with E-state index in [1.54, 1.807) is 0 Å². The van der Waals surface area contributed by atoms with Crippen LogP contribution in [-0.2, 0) is 6.42 Å². The summed E-state index contributed by atoms with van der Waals surface area (Å²) in [6, 6.07) is 13.3. The van der Waals surface area contributed by atoms with Gasteiger partial charge in [-0.25, -0.2) is 0 Å². The van der Waals surface area contributed by atoms with Gasteiger partial charge in [-0.05, 0) is 43.1 Å². The molecule has 0 radical (unpaired) electrons. The molecule has 1 heterocycles. The fraction of sp³-hybridized carbons (Fsp3) is 0.312. The maximum Gasteiger partial charge on any atom is 0.0360 e. The predicted molar refractivity (Wildman–Crippen MR) is 75.5 cm³/mol. The lowest BCUT2D eigenvalue weighted by molar-refractivity contribution is 0.549. The van der Waals surface area contributed by atoms with Crippen molar-refractivity contribution in [1.82, 2.24) is 10.3 Å². The highest BCUT2D eigenvalue weighted by molar-refractivity contribution is 5.27. The Kier molecular flexibility index (Phi) is 4.48. The van der Waals surface area contributed by atoms with Crippen molar-refractivity contribution in [2.24, 2.45) is 0 Å². The zero-order chi connectivity index (χ0) is 12.8. The highest BCUT2D eigenvalue weighted by Gasteiger charge is 2.10. The summed E-state index contributed by atoms with van der Waals surface area (Å²) in [5, 5.41) is 3.55. The van der Waals surface area contributed by atoms with Crippen LogP contribution in [0.5, 0.6) is 0 Å². The van der Waals surface area contributed by atoms with Gasteiger partial charge in [0.2, 0.25) is 0 Å². The highest BCUT2D eigenvalue weighted by atomic mass is 14.9. The lowest BCUT2D eigenvalue weighted by atomic mass is 9.98. The van der Waals surface area contributed by atoms with Gasteiger partial charge in [0, 0.05) is 18.4 Å². The average molecular weight is 240 g/mol. The molecule has 2 aromatic rings. The number of aryl methyl sites for hydroxylation is 1. The van der Waals surface area contributed by atoms with E-state index in [1.165, 1.54) is 16.7 Å². The molecule has 0 aliphatic carbocycles. The van der Waals surface area contributed by atoms with Crippen LogP contribution in [0.3, 0.4) is 0 Å². The van der Waals surface area contributed by atoms with E-state index in [2.05, 4.69) is 60.5 Å². The summed E-state index contributed by atoms with van der Waals surface area (Å²) in [4.78, 5) is 4.07. The summed E-state index contributed by atoms with van der Waals surface area (Å²) in [6.07, 6.45) is 4.71. The number of pyridine rings is 1. The smallest absolute Gasteiger partial charge is 0.0360 e. The van der Waals surface area contributed by atoms with Crippen molar-refractivity contribution in [2.75, 3.05) is 6.54 Å². The van der Waals surface area contributed by atoms with E-state index in [4.69, 9.17) is 0 Å². The van der Waals surface area contributed by atoms with Crippen LogP contribution in [0.15, 0.2) is 48.8 Å². The van der Waals surface area contributed by atoms with Crippen LogP contribution in [0.4, 0.5) is 0 Å². The van der Waals surface area contributed by atoms with Gasteiger partial charge < -0.3 is 5.32 Å². The number of benzene rings is 1. The fourth-order valence-electron chi connectivity index (χ4n) is 2.20. The molecule has 0 aliphatic heterocycles. The molecule has 0 bridgehead atoms. The van der Waals surface area contributed by atoms with Crippen molar-refractivity contribution in [3.05, 3.63) is 65.5 Å². The summed E-state index contributed by atoms with van der Waals surface area (Å²) in [6.45, 7) is 5.26. The third-order valence-corrected chi connectivity index (χ3v) is 3.08. The molecule has 0 saturated carbocycles. The maximum atomic E-state index is 4.07. The Morgan fingerprint density at radius 2 is 1.94 bits per heavy atom. The summed E-state index contributed by atoms with van der Waals surface area (Å²) < 4.78 is 0. The van der Waals surface area contributed by atoms with Gasteiger partial charge in [0.25, 0.3) is 0 Å². The molecule has 94 valence electrons. The first kappa shape index (κ1) is 12.8. The lowest BCUT2D eigenvalue weighted by Gasteiger charge is -2.19. The molecule has 1 N–H and O–H groups in total. The zero-order valence-corrected chi connectivity index (χ0v) is 11.1. The Morgan fingerprint density at radius 1 is 1.17 bits per heavy atom. The second-order valence-electron chi connectivity index (χ2n) is 4.58. The maximum absolute atomic E-state index is 4.07. The molecule has 1 atom stereocenters. The van der Waals surface area contributed by atoms with Crippen LogP contribution in [-0.4, -0.2) is 11.5 Å². The normalized spacial score (nSPS) is 12.3. The Hall–Kier alpha value is -1.67. The Labute approximate surface area is 109 Å². The number of likely N-dealkylation sites (N-methyl/N-ethyl adjacent to an activating group) is 1. The van der Waals surface area contributed by atoms with Gasteiger partial charge in [0.1, 0.15) is 0 Å². The first-order chi connectivity index (χ1) is 8.79. The molecule has 2 heteroatoms. The second kappa shape index (κ2) is 6.31. The third kappa shape index (κ3) is 3.41. The number of hydrogen-bond acceptors (Lipinski definition) is 2. The topological polar surface area (TPSA) is 24.9 Å². The van der Waals surface area contributed by atoms with Gasteiger partial charge in [-0.15, -0.1) is 0 Å². The van der Waals surface area contributed by atoms with Crippen LogP contribution >= 0.6 is 0 Å². The van der Waals surface area contributed by atoms with Gasteiger partial charge in [-0.3, -0.25) is 4.98 Å². The summed E-state index contributed by atoms with van der Waals surface area (Å²) in [7, 11) is 0. The van der Waals surface area contributed by atoms with Crippen LogP contribution in [0.1, 0.15) is 29.7 Å². The molecule has 1 aromatic carbocycles. The molecule has 2 nitrogen and oxygen atoms in total. The van der Waals surface area contributed by atoms with Gasteiger partial charge in [0.15, 0.2) is 0 Å². The first-order valence-corrected chi connectivity index (χ1v) is 6.48. The second-order valence-corrected chi connectivity index (χ2v) is 4.58. The average Bonchev–Trinajstić information content (AvgIpc) is 2.39. The minimum absolute atomic E-state index is 0.373. The summed E-state index contributed by atoms with van der Waals surface area (Å²) >= 11 is 0. The van der Waals surface area contributed by atoms with E-state index in [-0.39, 0.29) is 0 Å². The molecular formula is C16H20N2. The largest absolute Gasteiger partial charge is 0.310 e. The predicted octanol–water partition coefficient (Wildman–Crippen LogP) is 3.28. The number of nitrogens with zero attached hydrogens (tertiary/aromatic N) is 1. The minimum Gasteiger partial charge on any atom is -0.310 e. The van der Waals surface area contributed by atoms with E-state index < -0.39 is 0 Å². The summed E-state index contributed by atoms with van der Waals surface area (Å²) in [5.41, 5.74) is 3.98. The quantitative estimate of drug-likeness (QED) is 0.867. The van der Waals surface area contributed by atoms with E-state index in [0.29, 0.717) is 6.04 Å². The molecular weight excluding hydrogens is 220 g/mol. The molecule has 0 fully saturated rings. The highest BCUT2D eigenvalue weighted by Crippen LogP contribution is 2.19. The fourth-order valence-corrected chi connectivity index (χ4v) is 2.20. The molecule has 18 heavy (non-hydrogen) atoms. The van der Waals surface area contributed by atoms with Crippen LogP contribution < -0.4 is 5.32 Å². The molecule has 0 saturated heterocycles. The van der Waals surface area contributed by atoms with Crippen molar-refractivity contribution < 1.29 is 0 Å². The third-order valence-electron chi connectivity index (χ3n) is 3.08. The summed E-state index contributed by atoms with van der Waals surface area (Å²) in [5.74, 6) is 0. The van der Waals surface area contributed by atoms with Gasteiger partial charge >= 0.3 is 0 Å². The first-order valence-electron chi connectivity index (χ1n) is 6.48. The van der Waals surface area contributed by atoms with Crippen molar-refractivity contribution in [3.63, 3.8) is 0 Å². The van der Waals surface area contributed by atoms with E-state index in [1.807, 2.05) is 12.4 Å². The lowest BCUT2D eigenvalue weighted by Crippen LogP contribution is -2.23. The molecule has 0 aliphatic rings. The van der Waals surface area contributed by atoms with Crippen molar-refractivity contribution in [3.8, 4) is 0 Å². The minimum atomic E-state index is 0.373. The van der Waals surface area contributed by atoms with Gasteiger partial charge in [-0.1, -0.05) is 36.8 Å². The van der Waals surface area contributed by atoms with Crippen LogP contribution in [0.2, 0.25) is 0 Å². The standard InChI is InChI=1S/C16H20N2/c1-3-18-16(12-14-7-9-17-10-8-14)15-6-4-5-13(2)11-15/h4-11,16,18H,3,12H2,1-2H3. The van der Waals surface area contributed by atoms with E-state index >= 15 is 0 Å². The Morgan fingerprint density at radius 3 is 2.61 bits per heavy atom. The molecule has 2 rings (SSSR count). The SMILES string of the molecule is CCNC(Cc1ccncc1)c1cccc(C)c1. The Balaban J connectivity index is 2.18. The molecule has 1 aromatic heterocycles. The molecule has 1 unspecified atom stereocenters. The number of aromatic nitrogens is 1. The van der Waals surface area contributed by atoms with Crippen molar-refractivity contribution in [1.29, 1.82) is 0 Å². The van der Waals surface area contributed by atoms with Crippen molar-refractivity contribution >= 4 is 0 Å². The van der Waals surface area contributed by atoms with Crippen LogP contribution in [0, 0.1) is 6.92 Å². The molecule has 0 spiro atoms. The molecule has 0 amide bonds. The van der Waals surface area contributed by atoms with E-state index in [9.17, 15) is 0 Å². The Bertz CT molecular complexity index is 479.